The molecule has 0 amide bonds. The minimum Gasteiger partial charge on any atom is -0.497 e. The lowest BCUT2D eigenvalue weighted by Crippen LogP contribution is -2.35. The number of ether oxygens (including phenoxy) is 1. The van der Waals surface area contributed by atoms with Crippen molar-refractivity contribution in [3.05, 3.63) is 29.8 Å². The van der Waals surface area contributed by atoms with Gasteiger partial charge in [0.05, 0.1) is 13.2 Å². The Labute approximate surface area is 116 Å². The molecule has 2 N–H and O–H groups in total. The van der Waals surface area contributed by atoms with Gasteiger partial charge in [-0.3, -0.25) is 0 Å². The van der Waals surface area contributed by atoms with E-state index in [1.165, 1.54) is 12.8 Å². The van der Waals surface area contributed by atoms with Crippen molar-refractivity contribution >= 4 is 0 Å². The maximum atomic E-state index is 10.2. The van der Waals surface area contributed by atoms with Crippen LogP contribution in [-0.4, -0.2) is 24.8 Å². The summed E-state index contributed by atoms with van der Waals surface area (Å²) in [5.41, 5.74) is 0.908. The van der Waals surface area contributed by atoms with E-state index < -0.39 is 6.10 Å². The summed E-state index contributed by atoms with van der Waals surface area (Å²) in [6.45, 7) is 5.22. The molecule has 0 saturated heterocycles. The zero-order valence-corrected chi connectivity index (χ0v) is 12.1. The molecule has 19 heavy (non-hydrogen) atoms. The van der Waals surface area contributed by atoms with Crippen LogP contribution in [0.15, 0.2) is 24.3 Å². The van der Waals surface area contributed by atoms with Gasteiger partial charge >= 0.3 is 0 Å². The van der Waals surface area contributed by atoms with E-state index in [2.05, 4.69) is 19.2 Å². The van der Waals surface area contributed by atoms with Crippen molar-refractivity contribution in [2.24, 2.45) is 11.8 Å². The molecule has 1 aliphatic carbocycles. The highest BCUT2D eigenvalue weighted by Crippen LogP contribution is 2.31. The second-order valence-electron chi connectivity index (χ2n) is 5.72. The molecule has 1 aromatic carbocycles. The second-order valence-corrected chi connectivity index (χ2v) is 5.72. The molecule has 2 rings (SSSR count). The Morgan fingerprint density at radius 3 is 2.79 bits per heavy atom. The molecule has 1 saturated carbocycles. The Balaban J connectivity index is 1.88. The van der Waals surface area contributed by atoms with Gasteiger partial charge in [-0.2, -0.15) is 0 Å². The molecule has 4 atom stereocenters. The molecular weight excluding hydrogens is 238 g/mol. The lowest BCUT2D eigenvalue weighted by Gasteiger charge is -2.22. The molecule has 0 radical (unpaired) electrons. The third-order valence-electron chi connectivity index (χ3n) is 4.52. The van der Waals surface area contributed by atoms with Crippen molar-refractivity contribution in [2.45, 2.75) is 38.8 Å². The number of hydrogen-bond acceptors (Lipinski definition) is 3. The van der Waals surface area contributed by atoms with E-state index in [9.17, 15) is 5.11 Å². The van der Waals surface area contributed by atoms with Gasteiger partial charge in [0.15, 0.2) is 0 Å². The molecule has 4 unspecified atom stereocenters. The van der Waals surface area contributed by atoms with Gasteiger partial charge in [0.1, 0.15) is 5.75 Å². The minimum atomic E-state index is -0.474. The number of benzene rings is 1. The van der Waals surface area contributed by atoms with Gasteiger partial charge in [0.25, 0.3) is 0 Å². The van der Waals surface area contributed by atoms with Crippen LogP contribution in [-0.2, 0) is 0 Å². The molecule has 0 aliphatic heterocycles. The van der Waals surface area contributed by atoms with E-state index in [1.54, 1.807) is 7.11 Å². The molecule has 1 aliphatic rings. The summed E-state index contributed by atoms with van der Waals surface area (Å²) < 4.78 is 5.18. The fourth-order valence-corrected chi connectivity index (χ4v) is 2.88. The summed E-state index contributed by atoms with van der Waals surface area (Å²) in [6.07, 6.45) is 2.03. The topological polar surface area (TPSA) is 41.5 Å². The SMILES string of the molecule is COc1cccc(C(O)CNC2CCC(C)C2C)c1. The highest BCUT2D eigenvalue weighted by molar-refractivity contribution is 5.29. The summed E-state index contributed by atoms with van der Waals surface area (Å²) in [5.74, 6) is 2.27. The van der Waals surface area contributed by atoms with Crippen LogP contribution in [0.25, 0.3) is 0 Å². The Kier molecular flexibility index (Phi) is 4.83. The van der Waals surface area contributed by atoms with Crippen LogP contribution in [0.4, 0.5) is 0 Å². The van der Waals surface area contributed by atoms with Crippen molar-refractivity contribution in [3.63, 3.8) is 0 Å². The summed E-state index contributed by atoms with van der Waals surface area (Å²) in [6, 6.07) is 8.18. The average Bonchev–Trinajstić information content (AvgIpc) is 2.76. The first-order valence-electron chi connectivity index (χ1n) is 7.17. The molecule has 0 aromatic heterocycles. The van der Waals surface area contributed by atoms with Gasteiger partial charge in [-0.15, -0.1) is 0 Å². The largest absolute Gasteiger partial charge is 0.497 e. The Hall–Kier alpha value is -1.06. The summed E-state index contributed by atoms with van der Waals surface area (Å²) in [4.78, 5) is 0. The third kappa shape index (κ3) is 3.48. The van der Waals surface area contributed by atoms with Crippen LogP contribution >= 0.6 is 0 Å². The second kappa shape index (κ2) is 6.40. The smallest absolute Gasteiger partial charge is 0.119 e. The number of nitrogens with one attached hydrogen (secondary N) is 1. The molecule has 106 valence electrons. The van der Waals surface area contributed by atoms with E-state index in [0.717, 1.165) is 17.2 Å². The quantitative estimate of drug-likeness (QED) is 0.858. The van der Waals surface area contributed by atoms with Crippen LogP contribution in [0.1, 0.15) is 38.4 Å². The maximum Gasteiger partial charge on any atom is 0.119 e. The third-order valence-corrected chi connectivity index (χ3v) is 4.52. The minimum absolute atomic E-state index is 0.474. The Bertz CT molecular complexity index is 407. The number of rotatable bonds is 5. The molecule has 0 bridgehead atoms. The zero-order valence-electron chi connectivity index (χ0n) is 12.1. The van der Waals surface area contributed by atoms with Crippen LogP contribution in [0.3, 0.4) is 0 Å². The Morgan fingerprint density at radius 1 is 1.37 bits per heavy atom. The first-order valence-corrected chi connectivity index (χ1v) is 7.17. The lowest BCUT2D eigenvalue weighted by molar-refractivity contribution is 0.165. The first kappa shape index (κ1) is 14.4. The van der Waals surface area contributed by atoms with E-state index >= 15 is 0 Å². The van der Waals surface area contributed by atoms with Crippen LogP contribution in [0, 0.1) is 11.8 Å². The molecule has 0 spiro atoms. The van der Waals surface area contributed by atoms with Crippen molar-refractivity contribution in [2.75, 3.05) is 13.7 Å². The van der Waals surface area contributed by atoms with E-state index in [0.29, 0.717) is 18.5 Å². The number of aliphatic hydroxyl groups excluding tert-OH is 1. The van der Waals surface area contributed by atoms with Crippen LogP contribution in [0.5, 0.6) is 5.75 Å². The van der Waals surface area contributed by atoms with E-state index in [1.807, 2.05) is 24.3 Å². The maximum absolute atomic E-state index is 10.2. The van der Waals surface area contributed by atoms with Gasteiger partial charge in [-0.1, -0.05) is 26.0 Å². The van der Waals surface area contributed by atoms with Gasteiger partial charge in [0.2, 0.25) is 0 Å². The first-order chi connectivity index (χ1) is 9.11. The summed E-state index contributed by atoms with van der Waals surface area (Å²) in [7, 11) is 1.64. The van der Waals surface area contributed by atoms with E-state index in [-0.39, 0.29) is 0 Å². The standard InChI is InChI=1S/C16H25NO2/c1-11-7-8-15(12(11)2)17-10-16(18)13-5-4-6-14(9-13)19-3/h4-6,9,11-12,15-18H,7-8,10H2,1-3H3. The lowest BCUT2D eigenvalue weighted by atomic mass is 9.97. The van der Waals surface area contributed by atoms with Gasteiger partial charge < -0.3 is 15.2 Å². The summed E-state index contributed by atoms with van der Waals surface area (Å²) >= 11 is 0. The van der Waals surface area contributed by atoms with E-state index in [4.69, 9.17) is 4.74 Å². The molecule has 0 heterocycles. The van der Waals surface area contributed by atoms with Crippen LogP contribution < -0.4 is 10.1 Å². The predicted octanol–water partition coefficient (Wildman–Crippen LogP) is 2.75. The highest BCUT2D eigenvalue weighted by atomic mass is 16.5. The number of aliphatic hydroxyl groups is 1. The van der Waals surface area contributed by atoms with Crippen molar-refractivity contribution in [3.8, 4) is 5.75 Å². The Morgan fingerprint density at radius 2 is 2.16 bits per heavy atom. The summed E-state index contributed by atoms with van der Waals surface area (Å²) in [5, 5.41) is 13.7. The number of methoxy groups -OCH3 is 1. The van der Waals surface area contributed by atoms with Crippen molar-refractivity contribution in [1.82, 2.24) is 5.32 Å². The highest BCUT2D eigenvalue weighted by Gasteiger charge is 2.29. The molecule has 3 heteroatoms. The van der Waals surface area contributed by atoms with Gasteiger partial charge in [-0.25, -0.2) is 0 Å². The van der Waals surface area contributed by atoms with Crippen molar-refractivity contribution < 1.29 is 9.84 Å². The monoisotopic (exact) mass is 263 g/mol. The molecular formula is C16H25NO2. The van der Waals surface area contributed by atoms with Crippen LogP contribution in [0.2, 0.25) is 0 Å². The molecule has 1 aromatic rings. The molecule has 1 fully saturated rings. The van der Waals surface area contributed by atoms with Gasteiger partial charge in [0, 0.05) is 12.6 Å². The predicted molar refractivity (Wildman–Crippen MR) is 77.3 cm³/mol. The van der Waals surface area contributed by atoms with Gasteiger partial charge in [-0.05, 0) is 42.4 Å². The van der Waals surface area contributed by atoms with Crippen molar-refractivity contribution in [1.29, 1.82) is 0 Å². The average molecular weight is 263 g/mol. The molecule has 3 nitrogen and oxygen atoms in total. The zero-order chi connectivity index (χ0) is 13.8. The fourth-order valence-electron chi connectivity index (χ4n) is 2.88. The number of hydrogen-bond donors (Lipinski definition) is 2. The fraction of sp³-hybridized carbons (Fsp3) is 0.625. The normalized spacial score (nSPS) is 28.3.